The first-order valence-electron chi connectivity index (χ1n) is 6.71. The van der Waals surface area contributed by atoms with Gasteiger partial charge in [0.1, 0.15) is 11.9 Å². The fourth-order valence-electron chi connectivity index (χ4n) is 2.30. The van der Waals surface area contributed by atoms with Crippen molar-refractivity contribution in [1.82, 2.24) is 15.1 Å². The van der Waals surface area contributed by atoms with E-state index in [0.717, 1.165) is 6.42 Å². The summed E-state index contributed by atoms with van der Waals surface area (Å²) in [6, 6.07) is 9.05. The Morgan fingerprint density at radius 2 is 2.10 bits per heavy atom. The summed E-state index contributed by atoms with van der Waals surface area (Å²) in [5, 5.41) is 7.61. The van der Waals surface area contributed by atoms with Crippen molar-refractivity contribution >= 4 is 5.91 Å². The summed E-state index contributed by atoms with van der Waals surface area (Å²) in [6.45, 7) is 1.11. The van der Waals surface area contributed by atoms with Crippen molar-refractivity contribution in [2.24, 2.45) is 0 Å². The van der Waals surface area contributed by atoms with E-state index in [4.69, 9.17) is 4.74 Å². The van der Waals surface area contributed by atoms with E-state index in [1.54, 1.807) is 23.2 Å². The molecule has 108 valence electrons. The molecular weight excluding hydrogens is 273 g/mol. The molecule has 1 aromatic carbocycles. The van der Waals surface area contributed by atoms with Gasteiger partial charge in [0.05, 0.1) is 6.54 Å². The van der Waals surface area contributed by atoms with E-state index in [1.807, 2.05) is 0 Å². The van der Waals surface area contributed by atoms with Crippen LogP contribution in [0.4, 0.5) is 4.39 Å². The van der Waals surface area contributed by atoms with Crippen LogP contribution in [0.2, 0.25) is 0 Å². The fraction of sp³-hybridized carbons (Fsp3) is 0.267. The van der Waals surface area contributed by atoms with Gasteiger partial charge in [-0.15, -0.1) is 5.10 Å². The van der Waals surface area contributed by atoms with Crippen molar-refractivity contribution in [2.75, 3.05) is 13.1 Å². The number of hydrogen-bond donors (Lipinski definition) is 0. The molecule has 1 fully saturated rings. The number of ether oxygens (including phenoxy) is 1. The van der Waals surface area contributed by atoms with Crippen molar-refractivity contribution < 1.29 is 13.9 Å². The highest BCUT2D eigenvalue weighted by Gasteiger charge is 2.28. The highest BCUT2D eigenvalue weighted by molar-refractivity contribution is 5.94. The predicted octanol–water partition coefficient (Wildman–Crippen LogP) is 1.91. The second-order valence-corrected chi connectivity index (χ2v) is 4.85. The lowest BCUT2D eigenvalue weighted by molar-refractivity contribution is 0.0771. The van der Waals surface area contributed by atoms with Gasteiger partial charge in [0.2, 0.25) is 5.88 Å². The topological polar surface area (TPSA) is 55.3 Å². The maximum Gasteiger partial charge on any atom is 0.253 e. The SMILES string of the molecule is O=C(c1ccc(F)cc1)N1CCC(Oc2cccnn2)C1. The van der Waals surface area contributed by atoms with Crippen molar-refractivity contribution in [2.45, 2.75) is 12.5 Å². The first-order chi connectivity index (χ1) is 10.2. The molecule has 1 saturated heterocycles. The molecule has 3 rings (SSSR count). The van der Waals surface area contributed by atoms with Crippen LogP contribution in [0.1, 0.15) is 16.8 Å². The van der Waals surface area contributed by atoms with Gasteiger partial charge in [-0.3, -0.25) is 4.79 Å². The molecule has 5 nitrogen and oxygen atoms in total. The van der Waals surface area contributed by atoms with Crippen LogP contribution in [0.15, 0.2) is 42.6 Å². The molecule has 0 bridgehead atoms. The third-order valence-corrected chi connectivity index (χ3v) is 3.36. The third-order valence-electron chi connectivity index (χ3n) is 3.36. The molecule has 1 unspecified atom stereocenters. The van der Waals surface area contributed by atoms with Gasteiger partial charge in [0, 0.05) is 30.8 Å². The molecule has 0 radical (unpaired) electrons. The summed E-state index contributed by atoms with van der Waals surface area (Å²) >= 11 is 0. The van der Waals surface area contributed by atoms with Crippen molar-refractivity contribution in [3.63, 3.8) is 0 Å². The highest BCUT2D eigenvalue weighted by Crippen LogP contribution is 2.18. The predicted molar refractivity (Wildman–Crippen MR) is 73.4 cm³/mol. The van der Waals surface area contributed by atoms with Crippen LogP contribution < -0.4 is 4.74 Å². The molecule has 0 N–H and O–H groups in total. The first-order valence-corrected chi connectivity index (χ1v) is 6.71. The van der Waals surface area contributed by atoms with E-state index >= 15 is 0 Å². The van der Waals surface area contributed by atoms with Crippen LogP contribution in [0.3, 0.4) is 0 Å². The van der Waals surface area contributed by atoms with Crippen molar-refractivity contribution in [3.05, 3.63) is 54.0 Å². The Hall–Kier alpha value is -2.50. The minimum atomic E-state index is -0.350. The van der Waals surface area contributed by atoms with Gasteiger partial charge in [-0.25, -0.2) is 4.39 Å². The second kappa shape index (κ2) is 5.87. The number of halogens is 1. The quantitative estimate of drug-likeness (QED) is 0.865. The number of likely N-dealkylation sites (tertiary alicyclic amines) is 1. The number of nitrogens with zero attached hydrogens (tertiary/aromatic N) is 3. The molecule has 1 aliphatic heterocycles. The fourth-order valence-corrected chi connectivity index (χ4v) is 2.30. The zero-order valence-corrected chi connectivity index (χ0v) is 11.3. The van der Waals surface area contributed by atoms with Crippen LogP contribution >= 0.6 is 0 Å². The zero-order chi connectivity index (χ0) is 14.7. The Morgan fingerprint density at radius 1 is 1.29 bits per heavy atom. The molecule has 0 aliphatic carbocycles. The Morgan fingerprint density at radius 3 is 2.81 bits per heavy atom. The first kappa shape index (κ1) is 13.5. The number of aromatic nitrogens is 2. The van der Waals surface area contributed by atoms with Crippen LogP contribution in [-0.2, 0) is 0 Å². The van der Waals surface area contributed by atoms with Crippen LogP contribution in [-0.4, -0.2) is 40.2 Å². The normalized spacial score (nSPS) is 17.8. The second-order valence-electron chi connectivity index (χ2n) is 4.85. The van der Waals surface area contributed by atoms with E-state index < -0.39 is 0 Å². The van der Waals surface area contributed by atoms with Gasteiger partial charge < -0.3 is 9.64 Å². The zero-order valence-electron chi connectivity index (χ0n) is 11.3. The van der Waals surface area contributed by atoms with E-state index in [0.29, 0.717) is 24.5 Å². The van der Waals surface area contributed by atoms with Gasteiger partial charge in [0.25, 0.3) is 5.91 Å². The minimum Gasteiger partial charge on any atom is -0.471 e. The van der Waals surface area contributed by atoms with Crippen molar-refractivity contribution in [3.8, 4) is 5.88 Å². The van der Waals surface area contributed by atoms with Crippen LogP contribution in [0.5, 0.6) is 5.88 Å². The molecule has 1 amide bonds. The molecule has 2 aromatic rings. The maximum absolute atomic E-state index is 12.9. The lowest BCUT2D eigenvalue weighted by atomic mass is 10.2. The third kappa shape index (κ3) is 3.16. The molecule has 0 spiro atoms. The van der Waals surface area contributed by atoms with Gasteiger partial charge in [-0.1, -0.05) is 0 Å². The van der Waals surface area contributed by atoms with Gasteiger partial charge in [-0.2, -0.15) is 5.10 Å². The minimum absolute atomic E-state index is 0.0916. The average molecular weight is 287 g/mol. The number of rotatable bonds is 3. The van der Waals surface area contributed by atoms with E-state index in [1.165, 1.54) is 24.3 Å². The molecule has 1 aromatic heterocycles. The number of carbonyl (C=O) groups is 1. The summed E-state index contributed by atoms with van der Waals surface area (Å²) in [7, 11) is 0. The standard InChI is InChI=1S/C15H14FN3O2/c16-12-5-3-11(4-6-12)15(20)19-9-7-13(10-19)21-14-2-1-8-17-18-14/h1-6,8,13H,7,9-10H2. The van der Waals surface area contributed by atoms with E-state index in [2.05, 4.69) is 10.2 Å². The summed E-state index contributed by atoms with van der Waals surface area (Å²) in [6.07, 6.45) is 2.22. The van der Waals surface area contributed by atoms with E-state index in [9.17, 15) is 9.18 Å². The molecule has 2 heterocycles. The van der Waals surface area contributed by atoms with Gasteiger partial charge in [-0.05, 0) is 30.3 Å². The van der Waals surface area contributed by atoms with Gasteiger partial charge in [0.15, 0.2) is 0 Å². The average Bonchev–Trinajstić information content (AvgIpc) is 2.97. The summed E-state index contributed by atoms with van der Waals surface area (Å²) < 4.78 is 18.6. The number of amides is 1. The molecule has 6 heteroatoms. The largest absolute Gasteiger partial charge is 0.471 e. The molecular formula is C15H14FN3O2. The Balaban J connectivity index is 1.61. The molecule has 21 heavy (non-hydrogen) atoms. The van der Waals surface area contributed by atoms with Crippen LogP contribution in [0.25, 0.3) is 0 Å². The molecule has 1 atom stereocenters. The Kier molecular flexibility index (Phi) is 3.77. The lowest BCUT2D eigenvalue weighted by Gasteiger charge is -2.16. The monoisotopic (exact) mass is 287 g/mol. The number of benzene rings is 1. The molecule has 0 saturated carbocycles. The number of carbonyl (C=O) groups excluding carboxylic acids is 1. The number of hydrogen-bond acceptors (Lipinski definition) is 4. The van der Waals surface area contributed by atoms with Crippen molar-refractivity contribution in [1.29, 1.82) is 0 Å². The highest BCUT2D eigenvalue weighted by atomic mass is 19.1. The summed E-state index contributed by atoms with van der Waals surface area (Å²) in [5.41, 5.74) is 0.483. The lowest BCUT2D eigenvalue weighted by Crippen LogP contribution is -2.31. The Bertz CT molecular complexity index is 619. The summed E-state index contributed by atoms with van der Waals surface area (Å²) in [4.78, 5) is 14.0. The smallest absolute Gasteiger partial charge is 0.253 e. The van der Waals surface area contributed by atoms with Gasteiger partial charge >= 0.3 is 0 Å². The van der Waals surface area contributed by atoms with E-state index in [-0.39, 0.29) is 17.8 Å². The Labute approximate surface area is 121 Å². The van der Waals surface area contributed by atoms with Crippen LogP contribution in [0, 0.1) is 5.82 Å². The summed E-state index contributed by atoms with van der Waals surface area (Å²) in [5.74, 6) is -0.00402. The molecule has 1 aliphatic rings. The maximum atomic E-state index is 12.9.